The number of rotatable bonds is 28. The topological polar surface area (TPSA) is 259 Å². The number of esters is 2. The number of fused-ring (bicyclic) bond motifs is 2. The molecule has 5 aliphatic heterocycles. The van der Waals surface area contributed by atoms with Gasteiger partial charge in [0.1, 0.15) is 54.9 Å². The van der Waals surface area contributed by atoms with E-state index in [0.717, 1.165) is 27.2 Å². The van der Waals surface area contributed by atoms with Crippen LogP contribution in [0.4, 0.5) is 0 Å². The molecule has 0 saturated carbocycles. The molecule has 0 unspecified atom stereocenters. The minimum Gasteiger partial charge on any atom is -0.455 e. The van der Waals surface area contributed by atoms with Crippen molar-refractivity contribution < 1.29 is 90.2 Å². The highest BCUT2D eigenvalue weighted by Crippen LogP contribution is 2.43. The molecule has 0 N–H and O–H groups in total. The maximum atomic E-state index is 15.3. The summed E-state index contributed by atoms with van der Waals surface area (Å²) in [5, 5.41) is 3.57. The Labute approximate surface area is 532 Å². The molecule has 23 heteroatoms. The van der Waals surface area contributed by atoms with Crippen LogP contribution in [0.3, 0.4) is 0 Å². The molecule has 92 heavy (non-hydrogen) atoms. The van der Waals surface area contributed by atoms with Crippen LogP contribution < -0.4 is 0 Å². The number of amides is 2. The molecule has 0 radical (unpaired) electrons. The molecule has 4 fully saturated rings. The summed E-state index contributed by atoms with van der Waals surface area (Å²) in [7, 11) is 0. The van der Waals surface area contributed by atoms with E-state index in [1.54, 1.807) is 24.3 Å². The second kappa shape index (κ2) is 32.2. The third-order valence-corrected chi connectivity index (χ3v) is 16.2. The molecule has 0 spiro atoms. The summed E-state index contributed by atoms with van der Waals surface area (Å²) in [6.45, 7) is 4.02. The molecule has 11 rings (SSSR count). The number of carbonyl (C=O) groups is 4. The number of nitrogens with zero attached hydrogens (tertiary/aromatic N) is 4. The van der Waals surface area contributed by atoms with Gasteiger partial charge in [-0.25, -0.2) is 0 Å². The van der Waals surface area contributed by atoms with Gasteiger partial charge in [-0.1, -0.05) is 169 Å². The van der Waals surface area contributed by atoms with Gasteiger partial charge >= 0.3 is 11.9 Å². The number of ether oxygens (including phenoxy) is 15. The molecule has 6 aromatic rings. The van der Waals surface area contributed by atoms with E-state index < -0.39 is 122 Å². The van der Waals surface area contributed by atoms with Gasteiger partial charge in [0, 0.05) is 30.9 Å². The van der Waals surface area contributed by atoms with Gasteiger partial charge in [0.25, 0.3) is 11.8 Å². The smallest absolute Gasteiger partial charge is 0.303 e. The Balaban J connectivity index is 1.05. The fourth-order valence-electron chi connectivity index (χ4n) is 11.9. The first-order valence-corrected chi connectivity index (χ1v) is 30.7. The highest BCUT2D eigenvalue weighted by Gasteiger charge is 2.61. The lowest BCUT2D eigenvalue weighted by Crippen LogP contribution is -2.71. The van der Waals surface area contributed by atoms with Crippen LogP contribution in [0.15, 0.2) is 181 Å². The monoisotopic (exact) mass is 1260 g/mol. The van der Waals surface area contributed by atoms with E-state index in [0.29, 0.717) is 5.56 Å². The second-order valence-corrected chi connectivity index (χ2v) is 22.6. The average Bonchev–Trinajstić information content (AvgIpc) is 1.46. The molecule has 0 aliphatic carbocycles. The van der Waals surface area contributed by atoms with Crippen LogP contribution in [0.2, 0.25) is 0 Å². The quantitative estimate of drug-likeness (QED) is 0.0111. The first kappa shape index (κ1) is 65.7. The Morgan fingerprint density at radius 1 is 0.522 bits per heavy atom. The Hall–Kier alpha value is -7.81. The van der Waals surface area contributed by atoms with Crippen molar-refractivity contribution in [3.05, 3.63) is 225 Å². The van der Waals surface area contributed by atoms with Gasteiger partial charge in [-0.3, -0.25) is 24.1 Å². The fourth-order valence-corrected chi connectivity index (χ4v) is 11.9. The van der Waals surface area contributed by atoms with Crippen LogP contribution in [0.1, 0.15) is 75.6 Å². The molecule has 16 atom stereocenters. The third-order valence-electron chi connectivity index (χ3n) is 16.2. The largest absolute Gasteiger partial charge is 0.455 e. The van der Waals surface area contributed by atoms with Gasteiger partial charge in [-0.2, -0.15) is 0 Å². The van der Waals surface area contributed by atoms with Gasteiger partial charge in [-0.15, -0.1) is 0 Å². The van der Waals surface area contributed by atoms with Crippen LogP contribution in [0.25, 0.3) is 10.4 Å². The van der Waals surface area contributed by atoms with Crippen LogP contribution in [-0.4, -0.2) is 160 Å². The van der Waals surface area contributed by atoms with E-state index in [-0.39, 0.29) is 77.1 Å². The van der Waals surface area contributed by atoms with Crippen molar-refractivity contribution in [2.24, 2.45) is 5.11 Å². The van der Waals surface area contributed by atoms with Crippen molar-refractivity contribution in [2.75, 3.05) is 39.6 Å². The van der Waals surface area contributed by atoms with Gasteiger partial charge in [0.05, 0.1) is 76.7 Å². The van der Waals surface area contributed by atoms with E-state index in [9.17, 15) is 9.59 Å². The molecule has 2 amide bonds. The van der Waals surface area contributed by atoms with E-state index in [1.165, 1.54) is 13.8 Å². The van der Waals surface area contributed by atoms with E-state index in [2.05, 4.69) is 10.0 Å². The highest BCUT2D eigenvalue weighted by molar-refractivity contribution is 6.21. The van der Waals surface area contributed by atoms with E-state index in [4.69, 9.17) is 76.6 Å². The minimum atomic E-state index is -1.68. The molecule has 0 aromatic heterocycles. The summed E-state index contributed by atoms with van der Waals surface area (Å²) in [6, 6.07) is 52.1. The molecule has 0 bridgehead atoms. The first-order chi connectivity index (χ1) is 45.0. The zero-order valence-corrected chi connectivity index (χ0v) is 51.1. The summed E-state index contributed by atoms with van der Waals surface area (Å²) in [6.07, 6.45) is -19.0. The maximum Gasteiger partial charge on any atom is 0.303 e. The molecule has 484 valence electrons. The van der Waals surface area contributed by atoms with Crippen molar-refractivity contribution in [2.45, 2.75) is 146 Å². The van der Waals surface area contributed by atoms with Gasteiger partial charge in [0.15, 0.2) is 37.4 Å². The molecule has 5 heterocycles. The van der Waals surface area contributed by atoms with Crippen molar-refractivity contribution in [1.82, 2.24) is 4.90 Å². The predicted octanol–water partition coefficient (Wildman–Crippen LogP) is 8.91. The number of benzene rings is 6. The Kier molecular flexibility index (Phi) is 23.0. The van der Waals surface area contributed by atoms with Gasteiger partial charge in [-0.05, 0) is 46.8 Å². The van der Waals surface area contributed by atoms with E-state index >= 15 is 9.59 Å². The number of azide groups is 1. The van der Waals surface area contributed by atoms with Crippen LogP contribution >= 0.6 is 0 Å². The molecule has 5 aliphatic rings. The van der Waals surface area contributed by atoms with Crippen molar-refractivity contribution in [3.8, 4) is 0 Å². The van der Waals surface area contributed by atoms with Gasteiger partial charge < -0.3 is 71.1 Å². The van der Waals surface area contributed by atoms with E-state index in [1.807, 2.05) is 159 Å². The lowest BCUT2D eigenvalue weighted by atomic mass is 9.93. The summed E-state index contributed by atoms with van der Waals surface area (Å²) in [5.41, 5.74) is 13.2. The first-order valence-electron chi connectivity index (χ1n) is 30.7. The lowest BCUT2D eigenvalue weighted by Gasteiger charge is -2.53. The highest BCUT2D eigenvalue weighted by atomic mass is 16.8. The lowest BCUT2D eigenvalue weighted by molar-refractivity contribution is -0.396. The molecular formula is C69H74N4O19. The zero-order valence-electron chi connectivity index (χ0n) is 51.1. The summed E-state index contributed by atoms with van der Waals surface area (Å²) in [4.78, 5) is 61.3. The third kappa shape index (κ3) is 16.3. The number of carbonyl (C=O) groups excluding carboxylic acids is 4. The predicted molar refractivity (Wildman–Crippen MR) is 325 cm³/mol. The summed E-state index contributed by atoms with van der Waals surface area (Å²) >= 11 is 0. The van der Waals surface area contributed by atoms with Crippen molar-refractivity contribution in [1.29, 1.82) is 0 Å². The number of hydrogen-bond donors (Lipinski definition) is 0. The minimum absolute atomic E-state index is 0.0198. The van der Waals surface area contributed by atoms with Gasteiger partial charge in [0.2, 0.25) is 0 Å². The van der Waals surface area contributed by atoms with Crippen molar-refractivity contribution >= 4 is 23.8 Å². The Bertz CT molecular complexity index is 3360. The maximum absolute atomic E-state index is 15.3. The Morgan fingerprint density at radius 3 is 1.61 bits per heavy atom. The summed E-state index contributed by atoms with van der Waals surface area (Å²) in [5.74, 6) is -2.96. The van der Waals surface area contributed by atoms with Crippen molar-refractivity contribution in [3.63, 3.8) is 0 Å². The van der Waals surface area contributed by atoms with Crippen LogP contribution in [-0.2, 0) is 107 Å². The Morgan fingerprint density at radius 2 is 1.03 bits per heavy atom. The van der Waals surface area contributed by atoms with Crippen LogP contribution in [0, 0.1) is 0 Å². The number of imide groups is 1. The number of hydrogen-bond acceptors (Lipinski definition) is 20. The second-order valence-electron chi connectivity index (χ2n) is 22.6. The zero-order chi connectivity index (χ0) is 63.8. The average molecular weight is 1260 g/mol. The fraction of sp³-hybridized carbons (Fsp3) is 0.420. The SMILES string of the molecule is CC(=O)O[C@H]1[C@H]2O[C@@H](c3ccccc3)OC[C@H]2O[C@@H](O[C@H]2[C@H](O[C@@H]3O[C@@H](C)[C@@H](OCc4ccccc4)[C@@H](OCc4ccccc4)[C@@H]3OCc3ccccc3)[C@@H](N3C(=O)c4ccccc4C3=O)[C@H](OCCOCCN=[N+]=[N-])O[C@@H]2COCc2ccccc2)[C@@H]1OC(C)=O. The molecule has 4 saturated heterocycles. The molecular weight excluding hydrogens is 1190 g/mol. The summed E-state index contributed by atoms with van der Waals surface area (Å²) < 4.78 is 101. The molecule has 6 aromatic carbocycles. The normalized spacial score (nSPS) is 28.5. The molecule has 23 nitrogen and oxygen atoms in total. The standard InChI is InChI=1S/C69H74N4O19/c1-43-56(81-38-47-23-11-5-12-24-47)60(82-39-48-25-13-6-14-26-48)62(83-40-49-27-15-7-16-28-49)68(85-43)92-59-55(73-64(76)51-31-19-20-32-52(51)65(73)77)67(80-36-35-78-34-33-71-72-70)88-53(41-79-37-46-21-9-4-10-22-46)57(59)91-69-63(87-45(3)75)61(86-44(2)74)58-54(89-69)42-84-66(90-58)50-29-17-8-18-30-50/h4-32,43,53-63,66-69H,33-42H2,1-3H3/t43-,53+,54+,55+,56+,57+,58-,59+,60+,61-,62-,63+,66-,67+,68-,69-/m0/s1. The van der Waals surface area contributed by atoms with Crippen LogP contribution in [0.5, 0.6) is 0 Å².